The van der Waals surface area contributed by atoms with E-state index in [0.717, 1.165) is 0 Å². The molecule has 0 aromatic heterocycles. The second kappa shape index (κ2) is 7.58. The maximum atomic E-state index is 11.9. The van der Waals surface area contributed by atoms with Gasteiger partial charge >= 0.3 is 17.9 Å². The molecule has 128 valence electrons. The Kier molecular flexibility index (Phi) is 7.02. The zero-order chi connectivity index (χ0) is 17.7. The number of carbonyl (C=O) groups excluding carboxylic acids is 2. The molecule has 7 nitrogen and oxygen atoms in total. The van der Waals surface area contributed by atoms with Crippen molar-refractivity contribution < 1.29 is 29.0 Å². The smallest absolute Gasteiger partial charge is 0.320 e. The number of carboxylic acids is 1. The molecule has 0 aromatic rings. The summed E-state index contributed by atoms with van der Waals surface area (Å²) in [5.41, 5.74) is -1.36. The van der Waals surface area contributed by atoms with Crippen molar-refractivity contribution in [2.45, 2.75) is 65.7 Å². The molecular formula is C15H27NO6. The molecule has 0 unspecified atom stereocenters. The van der Waals surface area contributed by atoms with Gasteiger partial charge in [-0.1, -0.05) is 0 Å². The van der Waals surface area contributed by atoms with Gasteiger partial charge in [-0.25, -0.2) is 0 Å². The average molecular weight is 317 g/mol. The number of hydrogen-bond acceptors (Lipinski definition) is 6. The maximum Gasteiger partial charge on any atom is 0.320 e. The van der Waals surface area contributed by atoms with Gasteiger partial charge < -0.3 is 14.6 Å². The quantitative estimate of drug-likeness (QED) is 0.741. The highest BCUT2D eigenvalue weighted by Gasteiger charge is 2.29. The van der Waals surface area contributed by atoms with Crippen LogP contribution in [0.3, 0.4) is 0 Å². The van der Waals surface area contributed by atoms with Crippen LogP contribution in [-0.4, -0.2) is 58.2 Å². The first-order chi connectivity index (χ1) is 9.71. The van der Waals surface area contributed by atoms with Crippen molar-refractivity contribution in [1.82, 2.24) is 4.90 Å². The zero-order valence-electron chi connectivity index (χ0n) is 14.4. The average Bonchev–Trinajstić information content (AvgIpc) is 2.21. The summed E-state index contributed by atoms with van der Waals surface area (Å²) < 4.78 is 10.3. The lowest BCUT2D eigenvalue weighted by atomic mass is 10.2. The third kappa shape index (κ3) is 9.33. The Morgan fingerprint density at radius 1 is 0.909 bits per heavy atom. The topological polar surface area (TPSA) is 93.1 Å². The van der Waals surface area contributed by atoms with Gasteiger partial charge in [-0.2, -0.15) is 0 Å². The predicted octanol–water partition coefficient (Wildman–Crippen LogP) is 1.44. The molecule has 0 bridgehead atoms. The van der Waals surface area contributed by atoms with Crippen molar-refractivity contribution in [3.05, 3.63) is 0 Å². The summed E-state index contributed by atoms with van der Waals surface area (Å²) in [5, 5.41) is 9.10. The monoisotopic (exact) mass is 317 g/mol. The van der Waals surface area contributed by atoms with E-state index in [9.17, 15) is 14.4 Å². The van der Waals surface area contributed by atoms with Gasteiger partial charge in [0.25, 0.3) is 0 Å². The molecule has 0 amide bonds. The molecule has 1 N–H and O–H groups in total. The zero-order valence-corrected chi connectivity index (χ0v) is 14.4. The molecule has 0 spiro atoms. The van der Waals surface area contributed by atoms with Gasteiger partial charge in [-0.05, 0) is 48.5 Å². The molecule has 0 saturated carbocycles. The fourth-order valence-corrected chi connectivity index (χ4v) is 1.57. The number of rotatable bonds is 6. The highest BCUT2D eigenvalue weighted by atomic mass is 16.6. The summed E-state index contributed by atoms with van der Waals surface area (Å²) >= 11 is 0. The molecule has 0 heterocycles. The van der Waals surface area contributed by atoms with Crippen molar-refractivity contribution >= 4 is 17.9 Å². The summed E-state index contributed by atoms with van der Waals surface area (Å²) in [6.45, 7) is 11.1. The predicted molar refractivity (Wildman–Crippen MR) is 80.4 cm³/mol. The molecular weight excluding hydrogens is 290 g/mol. The minimum atomic E-state index is -1.13. The minimum absolute atomic E-state index is 0.302. The Balaban J connectivity index is 4.88. The number of aliphatic carboxylic acids is 1. The van der Waals surface area contributed by atoms with Gasteiger partial charge in [0.05, 0.1) is 13.1 Å². The van der Waals surface area contributed by atoms with E-state index in [1.807, 2.05) is 0 Å². The van der Waals surface area contributed by atoms with Crippen LogP contribution in [0, 0.1) is 0 Å². The van der Waals surface area contributed by atoms with Crippen molar-refractivity contribution in [1.29, 1.82) is 0 Å². The van der Waals surface area contributed by atoms with Crippen LogP contribution in [0.25, 0.3) is 0 Å². The van der Waals surface area contributed by atoms with E-state index in [0.29, 0.717) is 0 Å². The van der Waals surface area contributed by atoms with Crippen molar-refractivity contribution in [2.24, 2.45) is 0 Å². The highest BCUT2D eigenvalue weighted by Crippen LogP contribution is 2.11. The van der Waals surface area contributed by atoms with Crippen LogP contribution in [0.15, 0.2) is 0 Å². The number of ether oxygens (including phenoxy) is 2. The van der Waals surface area contributed by atoms with Crippen LogP contribution in [0.5, 0.6) is 0 Å². The van der Waals surface area contributed by atoms with Gasteiger partial charge in [-0.3, -0.25) is 19.3 Å². The standard InChI is InChI=1S/C15H27NO6/c1-10(13(19)20)16(8-11(17)21-14(2,3)4)9-12(18)22-15(5,6)7/h10H,8-9H2,1-7H3,(H,19,20)/t10-/m1/s1. The van der Waals surface area contributed by atoms with E-state index < -0.39 is 35.2 Å². The van der Waals surface area contributed by atoms with Crippen molar-refractivity contribution in [2.75, 3.05) is 13.1 Å². The van der Waals surface area contributed by atoms with Crippen molar-refractivity contribution in [3.8, 4) is 0 Å². The SMILES string of the molecule is C[C@H](C(=O)O)N(CC(=O)OC(C)(C)C)CC(=O)OC(C)(C)C. The van der Waals surface area contributed by atoms with Crippen LogP contribution in [0.2, 0.25) is 0 Å². The number of nitrogens with zero attached hydrogens (tertiary/aromatic N) is 1. The first-order valence-corrected chi connectivity index (χ1v) is 7.12. The lowest BCUT2D eigenvalue weighted by molar-refractivity contribution is -0.162. The molecule has 0 radical (unpaired) electrons. The Morgan fingerprint density at radius 3 is 1.45 bits per heavy atom. The second-order valence-electron chi connectivity index (χ2n) is 7.09. The number of hydrogen-bond donors (Lipinski definition) is 1. The van der Waals surface area contributed by atoms with Gasteiger partial charge in [0.15, 0.2) is 0 Å². The van der Waals surface area contributed by atoms with E-state index in [2.05, 4.69) is 0 Å². The molecule has 7 heteroatoms. The third-order valence-corrected chi connectivity index (χ3v) is 2.41. The minimum Gasteiger partial charge on any atom is -0.480 e. The van der Waals surface area contributed by atoms with Crippen molar-refractivity contribution in [3.63, 3.8) is 0 Å². The molecule has 0 fully saturated rings. The van der Waals surface area contributed by atoms with Gasteiger partial charge in [0.1, 0.15) is 17.2 Å². The first kappa shape index (κ1) is 20.4. The molecule has 0 aliphatic heterocycles. The largest absolute Gasteiger partial charge is 0.480 e. The summed E-state index contributed by atoms with van der Waals surface area (Å²) in [7, 11) is 0. The maximum absolute atomic E-state index is 11.9. The first-order valence-electron chi connectivity index (χ1n) is 7.12. The molecule has 0 rings (SSSR count). The van der Waals surface area contributed by atoms with E-state index in [4.69, 9.17) is 14.6 Å². The summed E-state index contributed by atoms with van der Waals surface area (Å²) in [4.78, 5) is 36.0. The molecule has 22 heavy (non-hydrogen) atoms. The summed E-state index contributed by atoms with van der Waals surface area (Å²) in [6.07, 6.45) is 0. The lowest BCUT2D eigenvalue weighted by Gasteiger charge is -2.28. The summed E-state index contributed by atoms with van der Waals surface area (Å²) in [5.74, 6) is -2.32. The fraction of sp³-hybridized carbons (Fsp3) is 0.800. The Hall–Kier alpha value is -1.63. The fourth-order valence-electron chi connectivity index (χ4n) is 1.57. The third-order valence-electron chi connectivity index (χ3n) is 2.41. The van der Waals surface area contributed by atoms with E-state index in [-0.39, 0.29) is 13.1 Å². The molecule has 0 aromatic carbocycles. The summed E-state index contributed by atoms with van der Waals surface area (Å²) in [6, 6.07) is -1.01. The van der Waals surface area contributed by atoms with Gasteiger partial charge in [0, 0.05) is 0 Å². The van der Waals surface area contributed by atoms with Gasteiger partial charge in [-0.15, -0.1) is 0 Å². The molecule has 0 saturated heterocycles. The van der Waals surface area contributed by atoms with Crippen LogP contribution in [0.1, 0.15) is 48.5 Å². The normalized spacial score (nSPS) is 13.6. The van der Waals surface area contributed by atoms with Gasteiger partial charge in [0.2, 0.25) is 0 Å². The Morgan fingerprint density at radius 2 is 1.23 bits per heavy atom. The van der Waals surface area contributed by atoms with Crippen LogP contribution >= 0.6 is 0 Å². The van der Waals surface area contributed by atoms with Crippen LogP contribution < -0.4 is 0 Å². The van der Waals surface area contributed by atoms with E-state index >= 15 is 0 Å². The number of carbonyl (C=O) groups is 3. The second-order valence-corrected chi connectivity index (χ2v) is 7.09. The van der Waals surface area contributed by atoms with E-state index in [1.165, 1.54) is 11.8 Å². The Bertz CT molecular complexity index is 389. The molecule has 0 aliphatic rings. The van der Waals surface area contributed by atoms with Crippen LogP contribution in [-0.2, 0) is 23.9 Å². The number of esters is 2. The van der Waals surface area contributed by atoms with E-state index in [1.54, 1.807) is 41.5 Å². The number of carboxylic acid groups (broad SMARTS) is 1. The molecule has 0 aliphatic carbocycles. The Labute approximate surface area is 131 Å². The highest BCUT2D eigenvalue weighted by molar-refractivity contribution is 5.79. The molecule has 1 atom stereocenters. The lowest BCUT2D eigenvalue weighted by Crippen LogP contribution is -2.47. The van der Waals surface area contributed by atoms with Crippen LogP contribution in [0.4, 0.5) is 0 Å².